The average Bonchev–Trinajstić information content (AvgIpc) is 2.35. The maximum Gasteiger partial charge on any atom is 0.140 e. The number of amidine groups is 1. The standard InChI is InChI=1S/C11H24N4O/c1-3-10(2)15-8-6-14(7-9-15)5-4-11(12)13-16/h10,16H,3-9H2,1-2H3,(H2,12,13). The van der Waals surface area contributed by atoms with Crippen LogP contribution in [0.3, 0.4) is 0 Å². The second-order valence-electron chi connectivity index (χ2n) is 4.48. The summed E-state index contributed by atoms with van der Waals surface area (Å²) in [4.78, 5) is 4.90. The molecule has 0 saturated carbocycles. The van der Waals surface area contributed by atoms with Gasteiger partial charge >= 0.3 is 0 Å². The minimum Gasteiger partial charge on any atom is -0.409 e. The first-order valence-corrected chi connectivity index (χ1v) is 6.10. The quantitative estimate of drug-likeness (QED) is 0.312. The number of piperazine rings is 1. The number of oxime groups is 1. The molecule has 1 saturated heterocycles. The molecule has 0 aromatic rings. The minimum atomic E-state index is 0.323. The monoisotopic (exact) mass is 228 g/mol. The number of hydrogen-bond donors (Lipinski definition) is 2. The molecule has 1 atom stereocenters. The Bertz CT molecular complexity index is 224. The van der Waals surface area contributed by atoms with Gasteiger partial charge in [-0.25, -0.2) is 0 Å². The predicted octanol–water partition coefficient (Wildman–Crippen LogP) is 0.539. The van der Waals surface area contributed by atoms with Crippen LogP contribution >= 0.6 is 0 Å². The summed E-state index contributed by atoms with van der Waals surface area (Å²) in [6, 6.07) is 0.686. The van der Waals surface area contributed by atoms with E-state index in [-0.39, 0.29) is 0 Å². The van der Waals surface area contributed by atoms with E-state index in [2.05, 4.69) is 28.8 Å². The van der Waals surface area contributed by atoms with Crippen molar-refractivity contribution in [3.8, 4) is 0 Å². The van der Waals surface area contributed by atoms with Crippen molar-refractivity contribution in [3.63, 3.8) is 0 Å². The number of nitrogens with two attached hydrogens (primary N) is 1. The van der Waals surface area contributed by atoms with Gasteiger partial charge in [-0.1, -0.05) is 12.1 Å². The summed E-state index contributed by atoms with van der Waals surface area (Å²) in [5, 5.41) is 11.4. The van der Waals surface area contributed by atoms with Crippen molar-refractivity contribution in [2.45, 2.75) is 32.7 Å². The van der Waals surface area contributed by atoms with Crippen LogP contribution in [0.25, 0.3) is 0 Å². The molecule has 0 aromatic carbocycles. The molecule has 1 unspecified atom stereocenters. The third-order valence-electron chi connectivity index (χ3n) is 3.43. The zero-order valence-electron chi connectivity index (χ0n) is 10.4. The lowest BCUT2D eigenvalue weighted by Gasteiger charge is -2.37. The molecule has 16 heavy (non-hydrogen) atoms. The van der Waals surface area contributed by atoms with Gasteiger partial charge in [0.2, 0.25) is 0 Å². The Morgan fingerprint density at radius 1 is 1.38 bits per heavy atom. The summed E-state index contributed by atoms with van der Waals surface area (Å²) in [5.41, 5.74) is 5.45. The van der Waals surface area contributed by atoms with E-state index in [0.29, 0.717) is 18.3 Å². The molecule has 0 radical (unpaired) electrons. The summed E-state index contributed by atoms with van der Waals surface area (Å²) >= 11 is 0. The van der Waals surface area contributed by atoms with Crippen LogP contribution < -0.4 is 5.73 Å². The van der Waals surface area contributed by atoms with Crippen LogP contribution in [0.5, 0.6) is 0 Å². The summed E-state index contributed by atoms with van der Waals surface area (Å²) in [6.45, 7) is 9.84. The number of hydrogen-bond acceptors (Lipinski definition) is 4. The molecular weight excluding hydrogens is 204 g/mol. The van der Waals surface area contributed by atoms with Gasteiger partial charge in [-0.15, -0.1) is 0 Å². The molecule has 0 aromatic heterocycles. The Balaban J connectivity index is 2.22. The van der Waals surface area contributed by atoms with Crippen molar-refractivity contribution in [1.82, 2.24) is 9.80 Å². The van der Waals surface area contributed by atoms with Crippen molar-refractivity contribution < 1.29 is 5.21 Å². The zero-order chi connectivity index (χ0) is 12.0. The Labute approximate surface area is 97.9 Å². The fraction of sp³-hybridized carbons (Fsp3) is 0.909. The Hall–Kier alpha value is -0.810. The molecule has 5 heteroatoms. The lowest BCUT2D eigenvalue weighted by Crippen LogP contribution is -2.49. The highest BCUT2D eigenvalue weighted by atomic mass is 16.4. The minimum absolute atomic E-state index is 0.323. The molecule has 1 heterocycles. The van der Waals surface area contributed by atoms with E-state index in [4.69, 9.17) is 10.9 Å². The normalized spacial score (nSPS) is 22.2. The van der Waals surface area contributed by atoms with Crippen LogP contribution in [-0.2, 0) is 0 Å². The van der Waals surface area contributed by atoms with E-state index >= 15 is 0 Å². The van der Waals surface area contributed by atoms with E-state index < -0.39 is 0 Å². The molecule has 0 bridgehead atoms. The Kier molecular flexibility index (Phi) is 5.55. The maximum absolute atomic E-state index is 8.45. The van der Waals surface area contributed by atoms with Gasteiger partial charge in [0.1, 0.15) is 5.84 Å². The van der Waals surface area contributed by atoms with Gasteiger partial charge in [-0.3, -0.25) is 4.90 Å². The van der Waals surface area contributed by atoms with E-state index in [0.717, 1.165) is 32.7 Å². The lowest BCUT2D eigenvalue weighted by molar-refractivity contribution is 0.102. The topological polar surface area (TPSA) is 65.1 Å². The van der Waals surface area contributed by atoms with Crippen LogP contribution in [0, 0.1) is 0 Å². The highest BCUT2D eigenvalue weighted by Crippen LogP contribution is 2.08. The van der Waals surface area contributed by atoms with E-state index in [9.17, 15) is 0 Å². The van der Waals surface area contributed by atoms with Crippen LogP contribution in [0.4, 0.5) is 0 Å². The highest BCUT2D eigenvalue weighted by Gasteiger charge is 2.19. The first-order valence-electron chi connectivity index (χ1n) is 6.10. The van der Waals surface area contributed by atoms with Gasteiger partial charge in [0.05, 0.1) is 0 Å². The first-order chi connectivity index (χ1) is 7.67. The summed E-state index contributed by atoms with van der Waals surface area (Å²) < 4.78 is 0. The Morgan fingerprint density at radius 3 is 2.50 bits per heavy atom. The largest absolute Gasteiger partial charge is 0.409 e. The van der Waals surface area contributed by atoms with Gasteiger partial charge in [0, 0.05) is 45.2 Å². The van der Waals surface area contributed by atoms with Crippen LogP contribution in [-0.4, -0.2) is 59.6 Å². The maximum atomic E-state index is 8.45. The number of rotatable bonds is 5. The van der Waals surface area contributed by atoms with Crippen molar-refractivity contribution in [2.24, 2.45) is 10.9 Å². The molecular formula is C11H24N4O. The van der Waals surface area contributed by atoms with E-state index in [1.165, 1.54) is 6.42 Å². The highest BCUT2D eigenvalue weighted by molar-refractivity contribution is 5.79. The molecule has 0 amide bonds. The summed E-state index contributed by atoms with van der Waals surface area (Å²) in [6.07, 6.45) is 1.87. The van der Waals surface area contributed by atoms with Crippen molar-refractivity contribution in [1.29, 1.82) is 0 Å². The molecule has 0 aliphatic carbocycles. The van der Waals surface area contributed by atoms with Gasteiger partial charge in [-0.05, 0) is 13.3 Å². The van der Waals surface area contributed by atoms with Crippen LogP contribution in [0.1, 0.15) is 26.7 Å². The smallest absolute Gasteiger partial charge is 0.140 e. The van der Waals surface area contributed by atoms with Gasteiger partial charge in [-0.2, -0.15) is 0 Å². The SMILES string of the molecule is CCC(C)N1CCN(CCC(N)=NO)CC1. The third kappa shape index (κ3) is 3.98. The molecule has 1 aliphatic rings. The van der Waals surface area contributed by atoms with Crippen molar-refractivity contribution >= 4 is 5.84 Å². The van der Waals surface area contributed by atoms with E-state index in [1.807, 2.05) is 0 Å². The van der Waals surface area contributed by atoms with Crippen molar-refractivity contribution in [3.05, 3.63) is 0 Å². The second-order valence-corrected chi connectivity index (χ2v) is 4.48. The first kappa shape index (κ1) is 13.3. The van der Waals surface area contributed by atoms with E-state index in [1.54, 1.807) is 0 Å². The third-order valence-corrected chi connectivity index (χ3v) is 3.43. The Morgan fingerprint density at radius 2 is 2.00 bits per heavy atom. The predicted molar refractivity (Wildman–Crippen MR) is 65.8 cm³/mol. The molecule has 3 N–H and O–H groups in total. The fourth-order valence-corrected chi connectivity index (χ4v) is 2.01. The van der Waals surface area contributed by atoms with Crippen molar-refractivity contribution in [2.75, 3.05) is 32.7 Å². The van der Waals surface area contributed by atoms with Gasteiger partial charge in [0.25, 0.3) is 0 Å². The average molecular weight is 228 g/mol. The molecule has 1 fully saturated rings. The lowest BCUT2D eigenvalue weighted by atomic mass is 10.2. The molecule has 0 spiro atoms. The second kappa shape index (κ2) is 6.70. The summed E-state index contributed by atoms with van der Waals surface area (Å²) in [7, 11) is 0. The molecule has 1 rings (SSSR count). The molecule has 1 aliphatic heterocycles. The fourth-order valence-electron chi connectivity index (χ4n) is 2.01. The zero-order valence-corrected chi connectivity index (χ0v) is 10.4. The van der Waals surface area contributed by atoms with Crippen LogP contribution in [0.15, 0.2) is 5.16 Å². The van der Waals surface area contributed by atoms with Crippen LogP contribution in [0.2, 0.25) is 0 Å². The summed E-state index contributed by atoms with van der Waals surface area (Å²) in [5.74, 6) is 0.323. The molecule has 94 valence electrons. The van der Waals surface area contributed by atoms with Gasteiger partial charge < -0.3 is 15.8 Å². The van der Waals surface area contributed by atoms with Gasteiger partial charge in [0.15, 0.2) is 0 Å². The molecule has 5 nitrogen and oxygen atoms in total. The number of nitrogens with zero attached hydrogens (tertiary/aromatic N) is 3.